The molecule has 4 nitrogen and oxygen atoms in total. The number of nitrogens with one attached hydrogen (secondary N) is 1. The Kier molecular flexibility index (Phi) is 4.41. The lowest BCUT2D eigenvalue weighted by Gasteiger charge is -2.09. The number of rotatable bonds is 4. The van der Waals surface area contributed by atoms with Gasteiger partial charge in [0.15, 0.2) is 0 Å². The van der Waals surface area contributed by atoms with Crippen molar-refractivity contribution in [3.63, 3.8) is 0 Å². The lowest BCUT2D eigenvalue weighted by molar-refractivity contribution is 0.103. The van der Waals surface area contributed by atoms with Gasteiger partial charge < -0.3 is 14.6 Å². The minimum absolute atomic E-state index is 0.196. The lowest BCUT2D eigenvalue weighted by Crippen LogP contribution is -2.11. The molecular formula is C20H15ClN2O2S. The third-order valence-electron chi connectivity index (χ3n) is 4.06. The SMILES string of the molecule is COc1ccc(Cl)cc1NC(=O)c1ccc(-n2ccc3ccccc32)s1. The second-order valence-electron chi connectivity index (χ2n) is 5.68. The number of benzene rings is 2. The minimum Gasteiger partial charge on any atom is -0.495 e. The quantitative estimate of drug-likeness (QED) is 0.498. The summed E-state index contributed by atoms with van der Waals surface area (Å²) in [6.45, 7) is 0. The Labute approximate surface area is 159 Å². The molecule has 4 aromatic rings. The smallest absolute Gasteiger partial charge is 0.265 e. The molecule has 0 radical (unpaired) electrons. The first-order valence-electron chi connectivity index (χ1n) is 7.97. The van der Waals surface area contributed by atoms with Crippen molar-refractivity contribution in [3.05, 3.63) is 76.8 Å². The molecule has 4 rings (SSSR count). The summed E-state index contributed by atoms with van der Waals surface area (Å²) >= 11 is 7.45. The number of amides is 1. The van der Waals surface area contributed by atoms with Gasteiger partial charge in [0, 0.05) is 11.2 Å². The van der Waals surface area contributed by atoms with Gasteiger partial charge in [0.1, 0.15) is 10.8 Å². The first kappa shape index (κ1) is 16.7. The third-order valence-corrected chi connectivity index (χ3v) is 5.38. The van der Waals surface area contributed by atoms with E-state index in [1.807, 2.05) is 30.5 Å². The summed E-state index contributed by atoms with van der Waals surface area (Å²) in [6, 6.07) is 19.1. The number of ether oxygens (including phenoxy) is 1. The molecule has 2 aromatic carbocycles. The van der Waals surface area contributed by atoms with E-state index in [9.17, 15) is 4.79 Å². The number of nitrogens with zero attached hydrogens (tertiary/aromatic N) is 1. The Hall–Kier alpha value is -2.76. The largest absolute Gasteiger partial charge is 0.495 e. The lowest BCUT2D eigenvalue weighted by atomic mass is 10.2. The molecule has 0 spiro atoms. The van der Waals surface area contributed by atoms with Crippen molar-refractivity contribution < 1.29 is 9.53 Å². The van der Waals surface area contributed by atoms with Crippen LogP contribution >= 0.6 is 22.9 Å². The number of carbonyl (C=O) groups excluding carboxylic acids is 1. The molecule has 0 aliphatic carbocycles. The van der Waals surface area contributed by atoms with Gasteiger partial charge in [0.25, 0.3) is 5.91 Å². The number of aromatic nitrogens is 1. The van der Waals surface area contributed by atoms with Crippen LogP contribution in [0.4, 0.5) is 5.69 Å². The summed E-state index contributed by atoms with van der Waals surface area (Å²) in [5.74, 6) is 0.370. The molecule has 0 fully saturated rings. The highest BCUT2D eigenvalue weighted by Crippen LogP contribution is 2.30. The predicted molar refractivity (Wildman–Crippen MR) is 107 cm³/mol. The van der Waals surface area contributed by atoms with Gasteiger partial charge in [-0.2, -0.15) is 0 Å². The fraction of sp³-hybridized carbons (Fsp3) is 0.0500. The van der Waals surface area contributed by atoms with Gasteiger partial charge in [-0.25, -0.2) is 0 Å². The Morgan fingerprint density at radius 2 is 1.96 bits per heavy atom. The second kappa shape index (κ2) is 6.86. The number of methoxy groups -OCH3 is 1. The number of hydrogen-bond donors (Lipinski definition) is 1. The van der Waals surface area contributed by atoms with E-state index in [1.165, 1.54) is 11.3 Å². The van der Waals surface area contributed by atoms with E-state index in [0.717, 1.165) is 15.9 Å². The van der Waals surface area contributed by atoms with Crippen LogP contribution in [0.1, 0.15) is 9.67 Å². The highest BCUT2D eigenvalue weighted by Gasteiger charge is 2.14. The van der Waals surface area contributed by atoms with Crippen LogP contribution in [0.25, 0.3) is 15.9 Å². The van der Waals surface area contributed by atoms with Crippen LogP contribution in [0.5, 0.6) is 5.75 Å². The molecule has 0 saturated carbocycles. The Bertz CT molecular complexity index is 1100. The van der Waals surface area contributed by atoms with Crippen LogP contribution in [-0.4, -0.2) is 17.6 Å². The molecule has 0 saturated heterocycles. The number of carbonyl (C=O) groups is 1. The fourth-order valence-corrected chi connectivity index (χ4v) is 3.89. The van der Waals surface area contributed by atoms with Gasteiger partial charge in [-0.1, -0.05) is 29.8 Å². The molecule has 2 heterocycles. The van der Waals surface area contributed by atoms with E-state index in [1.54, 1.807) is 25.3 Å². The maximum atomic E-state index is 12.6. The van der Waals surface area contributed by atoms with E-state index in [-0.39, 0.29) is 5.91 Å². The number of fused-ring (bicyclic) bond motifs is 1. The molecule has 2 aromatic heterocycles. The minimum atomic E-state index is -0.196. The summed E-state index contributed by atoms with van der Waals surface area (Å²) in [5.41, 5.74) is 1.66. The van der Waals surface area contributed by atoms with Crippen molar-refractivity contribution in [3.8, 4) is 10.8 Å². The van der Waals surface area contributed by atoms with E-state index < -0.39 is 0 Å². The van der Waals surface area contributed by atoms with Crippen molar-refractivity contribution >= 4 is 45.4 Å². The summed E-state index contributed by atoms with van der Waals surface area (Å²) in [7, 11) is 1.55. The fourth-order valence-electron chi connectivity index (χ4n) is 2.82. The Balaban J connectivity index is 1.62. The van der Waals surface area contributed by atoms with Crippen LogP contribution in [0, 0.1) is 0 Å². The first-order valence-corrected chi connectivity index (χ1v) is 9.16. The van der Waals surface area contributed by atoms with E-state index in [0.29, 0.717) is 21.3 Å². The topological polar surface area (TPSA) is 43.3 Å². The number of hydrogen-bond acceptors (Lipinski definition) is 3. The van der Waals surface area contributed by atoms with Crippen molar-refractivity contribution in [1.82, 2.24) is 4.57 Å². The van der Waals surface area contributed by atoms with Crippen LogP contribution in [-0.2, 0) is 0 Å². The van der Waals surface area contributed by atoms with E-state index in [4.69, 9.17) is 16.3 Å². The zero-order valence-corrected chi connectivity index (χ0v) is 15.5. The first-order chi connectivity index (χ1) is 12.7. The zero-order valence-electron chi connectivity index (χ0n) is 13.9. The van der Waals surface area contributed by atoms with Gasteiger partial charge in [0.2, 0.25) is 0 Å². The maximum absolute atomic E-state index is 12.6. The molecule has 1 N–H and O–H groups in total. The molecule has 26 heavy (non-hydrogen) atoms. The number of para-hydroxylation sites is 1. The molecule has 0 aliphatic heterocycles. The highest BCUT2D eigenvalue weighted by molar-refractivity contribution is 7.16. The normalized spacial score (nSPS) is 10.8. The van der Waals surface area contributed by atoms with Crippen LogP contribution in [0.2, 0.25) is 5.02 Å². The molecule has 130 valence electrons. The standard InChI is InChI=1S/C20H15ClN2O2S/c1-25-17-7-6-14(21)12-15(17)22-20(24)18-8-9-19(26-18)23-11-10-13-4-2-3-5-16(13)23/h2-12H,1H3,(H,22,24). The number of thiophene rings is 1. The highest BCUT2D eigenvalue weighted by atomic mass is 35.5. The molecule has 0 aliphatic rings. The number of halogens is 1. The van der Waals surface area contributed by atoms with Gasteiger partial charge >= 0.3 is 0 Å². The second-order valence-corrected chi connectivity index (χ2v) is 7.18. The Morgan fingerprint density at radius 3 is 2.81 bits per heavy atom. The average molecular weight is 383 g/mol. The molecule has 1 amide bonds. The predicted octanol–water partition coefficient (Wildman–Crippen LogP) is 5.61. The average Bonchev–Trinajstić information content (AvgIpc) is 3.29. The molecule has 6 heteroatoms. The molecular weight excluding hydrogens is 368 g/mol. The summed E-state index contributed by atoms with van der Waals surface area (Å²) < 4.78 is 7.36. The molecule has 0 unspecified atom stereocenters. The van der Waals surface area contributed by atoms with Gasteiger partial charge in [-0.15, -0.1) is 11.3 Å². The van der Waals surface area contributed by atoms with E-state index >= 15 is 0 Å². The van der Waals surface area contributed by atoms with Gasteiger partial charge in [0.05, 0.1) is 23.2 Å². The van der Waals surface area contributed by atoms with Crippen molar-refractivity contribution in [2.24, 2.45) is 0 Å². The van der Waals surface area contributed by atoms with Crippen LogP contribution in [0.3, 0.4) is 0 Å². The maximum Gasteiger partial charge on any atom is 0.265 e. The van der Waals surface area contributed by atoms with Crippen molar-refractivity contribution in [2.75, 3.05) is 12.4 Å². The number of anilines is 1. The third kappa shape index (κ3) is 3.07. The van der Waals surface area contributed by atoms with Crippen molar-refractivity contribution in [2.45, 2.75) is 0 Å². The van der Waals surface area contributed by atoms with E-state index in [2.05, 4.69) is 28.1 Å². The van der Waals surface area contributed by atoms with Crippen LogP contribution < -0.4 is 10.1 Å². The molecule has 0 atom stereocenters. The van der Waals surface area contributed by atoms with Crippen LogP contribution in [0.15, 0.2) is 66.9 Å². The Morgan fingerprint density at radius 1 is 1.12 bits per heavy atom. The van der Waals surface area contributed by atoms with Gasteiger partial charge in [-0.3, -0.25) is 4.79 Å². The molecule has 0 bridgehead atoms. The summed E-state index contributed by atoms with van der Waals surface area (Å²) in [6.07, 6.45) is 2.01. The van der Waals surface area contributed by atoms with Crippen molar-refractivity contribution in [1.29, 1.82) is 0 Å². The zero-order chi connectivity index (χ0) is 18.1. The summed E-state index contributed by atoms with van der Waals surface area (Å²) in [4.78, 5) is 13.2. The summed E-state index contributed by atoms with van der Waals surface area (Å²) in [5, 5.41) is 5.54. The van der Waals surface area contributed by atoms with Gasteiger partial charge in [-0.05, 0) is 47.9 Å². The monoisotopic (exact) mass is 382 g/mol.